The van der Waals surface area contributed by atoms with Gasteiger partial charge in [-0.05, 0) is 18.1 Å². The Morgan fingerprint density at radius 3 is 2.48 bits per heavy atom. The highest BCUT2D eigenvalue weighted by Gasteiger charge is 2.38. The Morgan fingerprint density at radius 1 is 1.26 bits per heavy atom. The molecule has 0 saturated heterocycles. The zero-order chi connectivity index (χ0) is 17.1. The lowest BCUT2D eigenvalue weighted by Crippen LogP contribution is -2.58. The quantitative estimate of drug-likeness (QED) is 0.810. The van der Waals surface area contributed by atoms with Crippen molar-refractivity contribution in [3.05, 3.63) is 35.4 Å². The van der Waals surface area contributed by atoms with Crippen LogP contribution in [0.1, 0.15) is 29.3 Å². The summed E-state index contributed by atoms with van der Waals surface area (Å²) in [4.78, 5) is 46.8. The molecular weight excluding hydrogens is 304 g/mol. The number of fused-ring (bicyclic) bond motifs is 1. The van der Waals surface area contributed by atoms with Crippen LogP contribution in [0.3, 0.4) is 0 Å². The third kappa shape index (κ3) is 3.31. The molecule has 1 aliphatic rings. The fraction of sp³-hybridized carbons (Fsp3) is 0.333. The number of carboxylic acid groups (broad SMARTS) is 2. The number of hydrogen-bond acceptors (Lipinski definition) is 4. The minimum Gasteiger partial charge on any atom is -0.481 e. The van der Waals surface area contributed by atoms with Crippen LogP contribution in [0.4, 0.5) is 0 Å². The van der Waals surface area contributed by atoms with Crippen molar-refractivity contribution in [3.8, 4) is 0 Å². The molecule has 0 aliphatic carbocycles. The molecule has 122 valence electrons. The Kier molecular flexibility index (Phi) is 4.63. The molecule has 8 heteroatoms. The second-order valence-electron chi connectivity index (χ2n) is 5.15. The van der Waals surface area contributed by atoms with Gasteiger partial charge in [-0.15, -0.1) is 0 Å². The van der Waals surface area contributed by atoms with Crippen LogP contribution < -0.4 is 0 Å². The largest absolute Gasteiger partial charge is 0.481 e. The molecule has 2 N–H and O–H groups in total. The van der Waals surface area contributed by atoms with Crippen molar-refractivity contribution < 1.29 is 29.4 Å². The summed E-state index contributed by atoms with van der Waals surface area (Å²) in [6.07, 6.45) is -0.342. The first-order chi connectivity index (χ1) is 10.8. The Morgan fingerprint density at radius 2 is 1.91 bits per heavy atom. The lowest BCUT2D eigenvalue weighted by Gasteiger charge is -2.39. The lowest BCUT2D eigenvalue weighted by atomic mass is 10.00. The Labute approximate surface area is 131 Å². The smallest absolute Gasteiger partial charge is 0.329 e. The molecule has 0 unspecified atom stereocenters. The second-order valence-corrected chi connectivity index (χ2v) is 5.15. The molecule has 0 fully saturated rings. The Balaban J connectivity index is 2.38. The molecule has 8 nitrogen and oxygen atoms in total. The molecule has 1 atom stereocenters. The normalized spacial score (nSPS) is 14.8. The number of carbonyl (C=O) groups is 4. The number of rotatable bonds is 5. The van der Waals surface area contributed by atoms with Crippen molar-refractivity contribution in [2.45, 2.75) is 25.8 Å². The van der Waals surface area contributed by atoms with Crippen molar-refractivity contribution in [2.75, 3.05) is 6.54 Å². The third-order valence-corrected chi connectivity index (χ3v) is 3.61. The number of hydrazine groups is 1. The van der Waals surface area contributed by atoms with Crippen LogP contribution in [0.15, 0.2) is 24.3 Å². The van der Waals surface area contributed by atoms with E-state index in [2.05, 4.69) is 0 Å². The van der Waals surface area contributed by atoms with E-state index in [9.17, 15) is 24.3 Å². The van der Waals surface area contributed by atoms with E-state index in [0.717, 1.165) is 22.5 Å². The van der Waals surface area contributed by atoms with Gasteiger partial charge in [-0.25, -0.2) is 14.8 Å². The summed E-state index contributed by atoms with van der Waals surface area (Å²) in [5.74, 6) is -4.06. The van der Waals surface area contributed by atoms with Crippen molar-refractivity contribution in [1.29, 1.82) is 0 Å². The van der Waals surface area contributed by atoms with Gasteiger partial charge in [0.05, 0.1) is 6.42 Å². The van der Waals surface area contributed by atoms with Gasteiger partial charge in [0.2, 0.25) is 5.91 Å². The van der Waals surface area contributed by atoms with E-state index in [1.54, 1.807) is 24.3 Å². The average Bonchev–Trinajstić information content (AvgIpc) is 2.48. The SMILES string of the molecule is CC(=O)N([C@@H](CC(=O)O)C(=O)O)N1CCc2ccccc2C1=O. The molecule has 0 aromatic heterocycles. The van der Waals surface area contributed by atoms with Gasteiger partial charge in [0.1, 0.15) is 0 Å². The number of amides is 2. The van der Waals surface area contributed by atoms with Crippen LogP contribution >= 0.6 is 0 Å². The summed E-state index contributed by atoms with van der Waals surface area (Å²) in [6, 6.07) is 5.20. The van der Waals surface area contributed by atoms with Crippen LogP contribution in [-0.2, 0) is 20.8 Å². The van der Waals surface area contributed by atoms with Crippen LogP contribution in [-0.4, -0.2) is 56.6 Å². The number of benzene rings is 1. The van der Waals surface area contributed by atoms with Crippen LogP contribution in [0.5, 0.6) is 0 Å². The number of hydrogen-bond donors (Lipinski definition) is 2. The van der Waals surface area contributed by atoms with E-state index in [4.69, 9.17) is 5.11 Å². The first kappa shape index (κ1) is 16.5. The third-order valence-electron chi connectivity index (χ3n) is 3.61. The molecule has 1 heterocycles. The highest BCUT2D eigenvalue weighted by atomic mass is 16.4. The molecule has 0 bridgehead atoms. The number of carbonyl (C=O) groups excluding carboxylic acids is 2. The fourth-order valence-electron chi connectivity index (χ4n) is 2.62. The molecule has 1 aromatic carbocycles. The van der Waals surface area contributed by atoms with E-state index >= 15 is 0 Å². The number of carboxylic acids is 2. The van der Waals surface area contributed by atoms with Gasteiger partial charge in [-0.1, -0.05) is 18.2 Å². The van der Waals surface area contributed by atoms with E-state index < -0.39 is 36.2 Å². The minimum absolute atomic E-state index is 0.110. The molecule has 0 spiro atoms. The predicted octanol–water partition coefficient (Wildman–Crippen LogP) is 0.376. The highest BCUT2D eigenvalue weighted by molar-refractivity contribution is 5.98. The maximum absolute atomic E-state index is 12.6. The maximum Gasteiger partial charge on any atom is 0.329 e. The van der Waals surface area contributed by atoms with E-state index in [0.29, 0.717) is 12.0 Å². The number of nitrogens with zero attached hydrogens (tertiary/aromatic N) is 2. The molecule has 23 heavy (non-hydrogen) atoms. The summed E-state index contributed by atoms with van der Waals surface area (Å²) in [6.45, 7) is 1.21. The van der Waals surface area contributed by atoms with E-state index in [1.807, 2.05) is 0 Å². The summed E-state index contributed by atoms with van der Waals surface area (Å²) in [5.41, 5.74) is 1.19. The van der Waals surface area contributed by atoms with Crippen molar-refractivity contribution in [3.63, 3.8) is 0 Å². The predicted molar refractivity (Wildman–Crippen MR) is 77.4 cm³/mol. The zero-order valence-corrected chi connectivity index (χ0v) is 12.4. The maximum atomic E-state index is 12.6. The standard InChI is InChI=1S/C15H16N2O6/c1-9(18)17(12(15(22)23)8-13(19)20)16-7-6-10-4-2-3-5-11(10)14(16)21/h2-5,12H,6-8H2,1H3,(H,19,20)(H,22,23)/t12-/m0/s1. The molecule has 1 aromatic rings. The van der Waals surface area contributed by atoms with Gasteiger partial charge >= 0.3 is 11.9 Å². The van der Waals surface area contributed by atoms with E-state index in [1.165, 1.54) is 0 Å². The summed E-state index contributed by atoms with van der Waals surface area (Å²) < 4.78 is 0. The first-order valence-corrected chi connectivity index (χ1v) is 6.97. The van der Waals surface area contributed by atoms with Crippen LogP contribution in [0.2, 0.25) is 0 Å². The van der Waals surface area contributed by atoms with Crippen molar-refractivity contribution in [1.82, 2.24) is 10.0 Å². The van der Waals surface area contributed by atoms with Gasteiger partial charge in [0.15, 0.2) is 6.04 Å². The van der Waals surface area contributed by atoms with Gasteiger partial charge in [0.25, 0.3) is 5.91 Å². The van der Waals surface area contributed by atoms with Crippen LogP contribution in [0.25, 0.3) is 0 Å². The lowest BCUT2D eigenvalue weighted by molar-refractivity contribution is -0.166. The zero-order valence-electron chi connectivity index (χ0n) is 12.4. The molecule has 2 amide bonds. The van der Waals surface area contributed by atoms with Gasteiger partial charge in [-0.3, -0.25) is 14.4 Å². The Hall–Kier alpha value is -2.90. The first-order valence-electron chi connectivity index (χ1n) is 6.97. The molecule has 1 aliphatic heterocycles. The highest BCUT2D eigenvalue weighted by Crippen LogP contribution is 2.22. The van der Waals surface area contributed by atoms with Gasteiger partial charge in [-0.2, -0.15) is 0 Å². The molecular formula is C15H16N2O6. The van der Waals surface area contributed by atoms with Gasteiger partial charge < -0.3 is 10.2 Å². The van der Waals surface area contributed by atoms with Crippen molar-refractivity contribution >= 4 is 23.8 Å². The number of aliphatic carboxylic acids is 2. The average molecular weight is 320 g/mol. The Bertz CT molecular complexity index is 672. The fourth-order valence-corrected chi connectivity index (χ4v) is 2.62. The summed E-state index contributed by atoms with van der Waals surface area (Å²) in [7, 11) is 0. The summed E-state index contributed by atoms with van der Waals surface area (Å²) in [5, 5.41) is 19.9. The van der Waals surface area contributed by atoms with Crippen molar-refractivity contribution in [2.24, 2.45) is 0 Å². The summed E-state index contributed by atoms with van der Waals surface area (Å²) >= 11 is 0. The topological polar surface area (TPSA) is 115 Å². The molecule has 2 rings (SSSR count). The molecule has 0 saturated carbocycles. The van der Waals surface area contributed by atoms with Gasteiger partial charge in [0, 0.05) is 19.0 Å². The molecule has 0 radical (unpaired) electrons. The monoisotopic (exact) mass is 320 g/mol. The minimum atomic E-state index is -1.64. The van der Waals surface area contributed by atoms with Crippen LogP contribution in [0, 0.1) is 0 Å². The second kappa shape index (κ2) is 6.47. The van der Waals surface area contributed by atoms with E-state index in [-0.39, 0.29) is 6.54 Å².